The highest BCUT2D eigenvalue weighted by molar-refractivity contribution is 5.97. The maximum absolute atomic E-state index is 12.3. The molecule has 3 nitrogen and oxygen atoms in total. The van der Waals surface area contributed by atoms with E-state index in [0.717, 1.165) is 16.9 Å². The third-order valence-electron chi connectivity index (χ3n) is 4.27. The summed E-state index contributed by atoms with van der Waals surface area (Å²) >= 11 is 0. The van der Waals surface area contributed by atoms with Gasteiger partial charge < -0.3 is 9.47 Å². The third kappa shape index (κ3) is 4.73. The molecule has 26 heavy (non-hydrogen) atoms. The number of hydrogen-bond donors (Lipinski definition) is 0. The maximum atomic E-state index is 12.3. The van der Waals surface area contributed by atoms with Crippen molar-refractivity contribution in [3.8, 4) is 11.5 Å². The second-order valence-electron chi connectivity index (χ2n) is 6.26. The van der Waals surface area contributed by atoms with Crippen LogP contribution in [0, 0.1) is 13.8 Å². The minimum atomic E-state index is -0.0301. The van der Waals surface area contributed by atoms with Gasteiger partial charge in [-0.1, -0.05) is 42.5 Å². The molecule has 0 aromatic heterocycles. The summed E-state index contributed by atoms with van der Waals surface area (Å²) in [6, 6.07) is 23.0. The summed E-state index contributed by atoms with van der Waals surface area (Å²) in [6.07, 6.45) is 0. The molecule has 0 atom stereocenters. The molecule has 0 aliphatic heterocycles. The molecule has 0 saturated carbocycles. The number of carbonyl (C=O) groups is 1. The quantitative estimate of drug-likeness (QED) is 0.555. The molecule has 0 fully saturated rings. The molecule has 0 saturated heterocycles. The summed E-state index contributed by atoms with van der Waals surface area (Å²) in [5, 5.41) is 0. The number of ketones is 1. The Hall–Kier alpha value is -3.07. The van der Waals surface area contributed by atoms with Crippen molar-refractivity contribution < 1.29 is 14.3 Å². The van der Waals surface area contributed by atoms with Crippen LogP contribution >= 0.6 is 0 Å². The van der Waals surface area contributed by atoms with Crippen molar-refractivity contribution in [3.05, 3.63) is 95.1 Å². The van der Waals surface area contributed by atoms with E-state index in [-0.39, 0.29) is 12.4 Å². The first-order chi connectivity index (χ1) is 12.6. The van der Waals surface area contributed by atoms with Crippen molar-refractivity contribution in [2.75, 3.05) is 6.61 Å². The third-order valence-corrected chi connectivity index (χ3v) is 4.27. The highest BCUT2D eigenvalue weighted by atomic mass is 16.5. The summed E-state index contributed by atoms with van der Waals surface area (Å²) in [4.78, 5) is 12.3. The predicted octanol–water partition coefficient (Wildman–Crippen LogP) is 5.14. The highest BCUT2D eigenvalue weighted by Gasteiger charge is 2.08. The normalized spacial score (nSPS) is 10.4. The first-order valence-electron chi connectivity index (χ1n) is 8.62. The van der Waals surface area contributed by atoms with Crippen LogP contribution in [0.5, 0.6) is 11.5 Å². The molecule has 0 bridgehead atoms. The minimum absolute atomic E-state index is 0.0206. The van der Waals surface area contributed by atoms with Gasteiger partial charge in [-0.15, -0.1) is 0 Å². The Bertz CT molecular complexity index is 868. The lowest BCUT2D eigenvalue weighted by Crippen LogP contribution is -2.11. The number of ether oxygens (including phenoxy) is 2. The van der Waals surface area contributed by atoms with E-state index in [1.54, 1.807) is 0 Å². The highest BCUT2D eigenvalue weighted by Crippen LogP contribution is 2.19. The van der Waals surface area contributed by atoms with Gasteiger partial charge in [0.25, 0.3) is 0 Å². The second kappa shape index (κ2) is 8.34. The Balaban J connectivity index is 1.52. The Kier molecular flexibility index (Phi) is 5.69. The van der Waals surface area contributed by atoms with Gasteiger partial charge >= 0.3 is 0 Å². The number of hydrogen-bond acceptors (Lipinski definition) is 3. The molecule has 0 heterocycles. The average molecular weight is 346 g/mol. The summed E-state index contributed by atoms with van der Waals surface area (Å²) < 4.78 is 11.3. The summed E-state index contributed by atoms with van der Waals surface area (Å²) in [6.45, 7) is 4.57. The van der Waals surface area contributed by atoms with E-state index in [1.807, 2.05) is 86.6 Å². The van der Waals surface area contributed by atoms with E-state index >= 15 is 0 Å². The molecule has 0 radical (unpaired) electrons. The molecule has 132 valence electrons. The minimum Gasteiger partial charge on any atom is -0.489 e. The van der Waals surface area contributed by atoms with E-state index in [4.69, 9.17) is 9.47 Å². The van der Waals surface area contributed by atoms with E-state index < -0.39 is 0 Å². The SMILES string of the molecule is Cc1ccc(C(=O)COc2ccc(OCc3ccccc3)cc2)cc1C. The van der Waals surface area contributed by atoms with Gasteiger partial charge in [-0.25, -0.2) is 0 Å². The lowest BCUT2D eigenvalue weighted by molar-refractivity contribution is 0.0921. The van der Waals surface area contributed by atoms with Crippen LogP contribution in [0.15, 0.2) is 72.8 Å². The Morgan fingerprint density at radius 3 is 2.08 bits per heavy atom. The van der Waals surface area contributed by atoms with Gasteiger partial charge in [0.1, 0.15) is 18.1 Å². The molecule has 3 heteroatoms. The molecule has 3 aromatic rings. The van der Waals surface area contributed by atoms with Gasteiger partial charge in [0.05, 0.1) is 0 Å². The number of Topliss-reactive ketones (excluding diaryl/α,β-unsaturated/α-hetero) is 1. The van der Waals surface area contributed by atoms with Crippen LogP contribution in [0.2, 0.25) is 0 Å². The van der Waals surface area contributed by atoms with Crippen molar-refractivity contribution in [2.24, 2.45) is 0 Å². The first-order valence-corrected chi connectivity index (χ1v) is 8.62. The predicted molar refractivity (Wildman–Crippen MR) is 103 cm³/mol. The van der Waals surface area contributed by atoms with Crippen LogP contribution in [0.4, 0.5) is 0 Å². The zero-order chi connectivity index (χ0) is 18.4. The van der Waals surface area contributed by atoms with Crippen LogP contribution in [-0.2, 0) is 6.61 Å². The van der Waals surface area contributed by atoms with Gasteiger partial charge in [0, 0.05) is 5.56 Å². The average Bonchev–Trinajstić information content (AvgIpc) is 2.68. The van der Waals surface area contributed by atoms with Crippen LogP contribution in [0.1, 0.15) is 27.0 Å². The number of benzene rings is 3. The van der Waals surface area contributed by atoms with Crippen LogP contribution in [0.3, 0.4) is 0 Å². The number of carbonyl (C=O) groups excluding carboxylic acids is 1. The van der Waals surface area contributed by atoms with Crippen molar-refractivity contribution in [3.63, 3.8) is 0 Å². The van der Waals surface area contributed by atoms with Crippen LogP contribution in [-0.4, -0.2) is 12.4 Å². The lowest BCUT2D eigenvalue weighted by atomic mass is 10.0. The van der Waals surface area contributed by atoms with Crippen molar-refractivity contribution >= 4 is 5.78 Å². The molecule has 0 aliphatic rings. The van der Waals surface area contributed by atoms with Crippen LogP contribution in [0.25, 0.3) is 0 Å². The van der Waals surface area contributed by atoms with Gasteiger partial charge in [-0.3, -0.25) is 4.79 Å². The second-order valence-corrected chi connectivity index (χ2v) is 6.26. The van der Waals surface area contributed by atoms with Gasteiger partial charge in [0.2, 0.25) is 0 Å². The van der Waals surface area contributed by atoms with Gasteiger partial charge in [-0.2, -0.15) is 0 Å². The zero-order valence-corrected chi connectivity index (χ0v) is 15.1. The van der Waals surface area contributed by atoms with E-state index in [0.29, 0.717) is 17.9 Å². The van der Waals surface area contributed by atoms with E-state index in [9.17, 15) is 4.79 Å². The van der Waals surface area contributed by atoms with Gasteiger partial charge in [-0.05, 0) is 60.9 Å². The maximum Gasteiger partial charge on any atom is 0.200 e. The van der Waals surface area contributed by atoms with E-state index in [2.05, 4.69) is 0 Å². The molecule has 0 amide bonds. The summed E-state index contributed by atoms with van der Waals surface area (Å²) in [7, 11) is 0. The molecule has 0 aliphatic carbocycles. The molecule has 3 aromatic carbocycles. The largest absolute Gasteiger partial charge is 0.489 e. The Morgan fingerprint density at radius 2 is 1.42 bits per heavy atom. The summed E-state index contributed by atoms with van der Waals surface area (Å²) in [5.74, 6) is 1.38. The standard InChI is InChI=1S/C23H22O3/c1-17-8-9-20(14-18(17)2)23(24)16-26-22-12-10-21(11-13-22)25-15-19-6-4-3-5-7-19/h3-14H,15-16H2,1-2H3. The van der Waals surface area contributed by atoms with Crippen LogP contribution < -0.4 is 9.47 Å². The molecular weight excluding hydrogens is 324 g/mol. The number of rotatable bonds is 7. The zero-order valence-electron chi connectivity index (χ0n) is 15.1. The molecular formula is C23H22O3. The van der Waals surface area contributed by atoms with Crippen molar-refractivity contribution in [1.82, 2.24) is 0 Å². The Labute approximate surface area is 154 Å². The van der Waals surface area contributed by atoms with Crippen molar-refractivity contribution in [1.29, 1.82) is 0 Å². The molecule has 0 unspecified atom stereocenters. The molecule has 0 N–H and O–H groups in total. The van der Waals surface area contributed by atoms with E-state index in [1.165, 1.54) is 5.56 Å². The fourth-order valence-electron chi connectivity index (χ4n) is 2.52. The monoisotopic (exact) mass is 346 g/mol. The summed E-state index contributed by atoms with van der Waals surface area (Å²) in [5.41, 5.74) is 4.08. The lowest BCUT2D eigenvalue weighted by Gasteiger charge is -2.09. The molecule has 3 rings (SSSR count). The number of aryl methyl sites for hydroxylation is 2. The topological polar surface area (TPSA) is 35.5 Å². The fourth-order valence-corrected chi connectivity index (χ4v) is 2.52. The van der Waals surface area contributed by atoms with Gasteiger partial charge in [0.15, 0.2) is 12.4 Å². The molecule has 0 spiro atoms. The fraction of sp³-hybridized carbons (Fsp3) is 0.174. The first kappa shape index (κ1) is 17.7. The van der Waals surface area contributed by atoms with Crippen molar-refractivity contribution in [2.45, 2.75) is 20.5 Å². The smallest absolute Gasteiger partial charge is 0.200 e. The Morgan fingerprint density at radius 1 is 0.769 bits per heavy atom.